The molecule has 1 aliphatic rings. The summed E-state index contributed by atoms with van der Waals surface area (Å²) in [6.07, 6.45) is 9.67. The highest BCUT2D eigenvalue weighted by atomic mass is 16.4. The van der Waals surface area contributed by atoms with E-state index in [0.717, 1.165) is 30.6 Å². The van der Waals surface area contributed by atoms with Gasteiger partial charge in [0.15, 0.2) is 0 Å². The molecule has 6 heteroatoms. The summed E-state index contributed by atoms with van der Waals surface area (Å²) in [5.74, 6) is -0.528. The van der Waals surface area contributed by atoms with E-state index in [0.29, 0.717) is 13.0 Å². The lowest BCUT2D eigenvalue weighted by Gasteiger charge is -2.31. The fourth-order valence-electron chi connectivity index (χ4n) is 3.25. The Morgan fingerprint density at radius 1 is 1.27 bits per heavy atom. The predicted octanol–water partition coefficient (Wildman–Crippen LogP) is 2.99. The zero-order valence-electron chi connectivity index (χ0n) is 14.6. The average molecular weight is 353 g/mol. The second-order valence-corrected chi connectivity index (χ2v) is 6.61. The highest BCUT2D eigenvalue weighted by Gasteiger charge is 2.22. The third-order valence-electron chi connectivity index (χ3n) is 4.64. The molecule has 1 atom stereocenters. The quantitative estimate of drug-likeness (QED) is 0.810. The number of amides is 1. The minimum Gasteiger partial charge on any atom is -0.481 e. The van der Waals surface area contributed by atoms with E-state index in [9.17, 15) is 9.59 Å². The Morgan fingerprint density at radius 2 is 2.08 bits per heavy atom. The summed E-state index contributed by atoms with van der Waals surface area (Å²) in [5.41, 5.74) is 1.83. The van der Waals surface area contributed by atoms with Crippen molar-refractivity contribution in [1.29, 1.82) is 0 Å². The molecule has 1 amide bonds. The van der Waals surface area contributed by atoms with Gasteiger partial charge in [0.2, 0.25) is 5.91 Å². The molecule has 0 bridgehead atoms. The Morgan fingerprint density at radius 3 is 2.85 bits per heavy atom. The van der Waals surface area contributed by atoms with Gasteiger partial charge in [-0.3, -0.25) is 9.59 Å². The number of carboxylic acid groups (broad SMARTS) is 1. The highest BCUT2D eigenvalue weighted by Crippen LogP contribution is 2.21. The number of carboxylic acids is 1. The SMILES string of the molecule is O=C(O)CCC1CCCN(C(=O)/C=C/c2cnn(-c3ccccc3)c2)C1. The largest absolute Gasteiger partial charge is 0.481 e. The van der Waals surface area contributed by atoms with Crippen LogP contribution in [0.25, 0.3) is 11.8 Å². The topological polar surface area (TPSA) is 75.4 Å². The van der Waals surface area contributed by atoms with Crippen molar-refractivity contribution in [2.24, 2.45) is 5.92 Å². The molecule has 0 radical (unpaired) electrons. The van der Waals surface area contributed by atoms with Gasteiger partial charge in [-0.15, -0.1) is 0 Å². The van der Waals surface area contributed by atoms with Crippen molar-refractivity contribution >= 4 is 18.0 Å². The summed E-state index contributed by atoms with van der Waals surface area (Å²) in [6.45, 7) is 1.37. The van der Waals surface area contributed by atoms with E-state index in [1.165, 1.54) is 0 Å². The lowest BCUT2D eigenvalue weighted by Crippen LogP contribution is -2.39. The third-order valence-corrected chi connectivity index (χ3v) is 4.64. The van der Waals surface area contributed by atoms with Crippen LogP contribution in [-0.2, 0) is 9.59 Å². The van der Waals surface area contributed by atoms with Crippen molar-refractivity contribution in [1.82, 2.24) is 14.7 Å². The predicted molar refractivity (Wildman–Crippen MR) is 98.8 cm³/mol. The number of aromatic nitrogens is 2. The summed E-state index contributed by atoms with van der Waals surface area (Å²) in [5, 5.41) is 13.1. The Balaban J connectivity index is 1.57. The number of hydrogen-bond acceptors (Lipinski definition) is 3. The van der Waals surface area contributed by atoms with E-state index in [1.54, 1.807) is 23.0 Å². The molecule has 0 aliphatic carbocycles. The molecule has 0 spiro atoms. The highest BCUT2D eigenvalue weighted by molar-refractivity contribution is 5.91. The van der Waals surface area contributed by atoms with Crippen molar-refractivity contribution in [2.45, 2.75) is 25.7 Å². The molecule has 1 aromatic heterocycles. The first kappa shape index (κ1) is 17.9. The van der Waals surface area contributed by atoms with Gasteiger partial charge >= 0.3 is 5.97 Å². The maximum absolute atomic E-state index is 12.4. The van der Waals surface area contributed by atoms with Gasteiger partial charge < -0.3 is 10.0 Å². The average Bonchev–Trinajstić information content (AvgIpc) is 3.14. The zero-order chi connectivity index (χ0) is 18.4. The van der Waals surface area contributed by atoms with Gasteiger partial charge in [-0.25, -0.2) is 4.68 Å². The van der Waals surface area contributed by atoms with E-state index < -0.39 is 5.97 Å². The van der Waals surface area contributed by atoms with Gasteiger partial charge in [-0.1, -0.05) is 18.2 Å². The summed E-state index contributed by atoms with van der Waals surface area (Å²) in [4.78, 5) is 25.0. The smallest absolute Gasteiger partial charge is 0.303 e. The third kappa shape index (κ3) is 4.81. The van der Waals surface area contributed by atoms with Crippen LogP contribution in [0.5, 0.6) is 0 Å². The molecule has 136 valence electrons. The van der Waals surface area contributed by atoms with Crippen molar-refractivity contribution < 1.29 is 14.7 Å². The molecular formula is C20H23N3O3. The van der Waals surface area contributed by atoms with Gasteiger partial charge in [0, 0.05) is 37.3 Å². The maximum atomic E-state index is 12.4. The van der Waals surface area contributed by atoms with Crippen LogP contribution in [0, 0.1) is 5.92 Å². The monoisotopic (exact) mass is 353 g/mol. The Kier molecular flexibility index (Phi) is 5.84. The van der Waals surface area contributed by atoms with E-state index in [1.807, 2.05) is 41.4 Å². The molecule has 6 nitrogen and oxygen atoms in total. The summed E-state index contributed by atoms with van der Waals surface area (Å²) >= 11 is 0. The van der Waals surface area contributed by atoms with Crippen LogP contribution in [0.15, 0.2) is 48.8 Å². The first-order chi connectivity index (χ1) is 12.6. The van der Waals surface area contributed by atoms with E-state index >= 15 is 0 Å². The number of nitrogens with zero attached hydrogens (tertiary/aromatic N) is 3. The molecule has 2 heterocycles. The lowest BCUT2D eigenvalue weighted by atomic mass is 9.93. The number of hydrogen-bond donors (Lipinski definition) is 1. The second-order valence-electron chi connectivity index (χ2n) is 6.61. The first-order valence-electron chi connectivity index (χ1n) is 8.90. The molecule has 1 aliphatic heterocycles. The molecule has 26 heavy (non-hydrogen) atoms. The van der Waals surface area contributed by atoms with Gasteiger partial charge in [0.1, 0.15) is 0 Å². The number of carbonyl (C=O) groups excluding carboxylic acids is 1. The lowest BCUT2D eigenvalue weighted by molar-refractivity contribution is -0.137. The number of para-hydroxylation sites is 1. The van der Waals surface area contributed by atoms with Crippen molar-refractivity contribution in [3.05, 3.63) is 54.4 Å². The van der Waals surface area contributed by atoms with Crippen molar-refractivity contribution in [2.75, 3.05) is 13.1 Å². The van der Waals surface area contributed by atoms with Crippen LogP contribution in [0.1, 0.15) is 31.2 Å². The van der Waals surface area contributed by atoms with Crippen molar-refractivity contribution in [3.8, 4) is 5.69 Å². The normalized spacial score (nSPS) is 17.5. The van der Waals surface area contributed by atoms with Crippen LogP contribution >= 0.6 is 0 Å². The number of aliphatic carboxylic acids is 1. The fourth-order valence-corrected chi connectivity index (χ4v) is 3.25. The van der Waals surface area contributed by atoms with Crippen LogP contribution in [-0.4, -0.2) is 44.8 Å². The number of carbonyl (C=O) groups is 2. The molecule has 1 fully saturated rings. The number of piperidine rings is 1. The van der Waals surface area contributed by atoms with Gasteiger partial charge in [-0.2, -0.15) is 5.10 Å². The van der Waals surface area contributed by atoms with Gasteiger partial charge in [0.25, 0.3) is 0 Å². The first-order valence-corrected chi connectivity index (χ1v) is 8.90. The van der Waals surface area contributed by atoms with E-state index in [4.69, 9.17) is 5.11 Å². The Bertz CT molecular complexity index is 783. The minimum absolute atomic E-state index is 0.0301. The summed E-state index contributed by atoms with van der Waals surface area (Å²) < 4.78 is 1.77. The number of likely N-dealkylation sites (tertiary alicyclic amines) is 1. The molecule has 1 saturated heterocycles. The van der Waals surface area contributed by atoms with Crippen LogP contribution in [0.2, 0.25) is 0 Å². The molecule has 1 unspecified atom stereocenters. The van der Waals surface area contributed by atoms with Gasteiger partial charge in [-0.05, 0) is 43.4 Å². The standard InChI is InChI=1S/C20H23N3O3/c24-19(22-12-4-5-16(14-22)9-11-20(25)26)10-8-17-13-21-23(15-17)18-6-2-1-3-7-18/h1-3,6-8,10,13,15-16H,4-5,9,11-12,14H2,(H,25,26)/b10-8+. The molecule has 0 saturated carbocycles. The fraction of sp³-hybridized carbons (Fsp3) is 0.350. The van der Waals surface area contributed by atoms with Crippen molar-refractivity contribution in [3.63, 3.8) is 0 Å². The Hall–Kier alpha value is -2.89. The number of benzene rings is 1. The molecule has 3 rings (SSSR count). The summed E-state index contributed by atoms with van der Waals surface area (Å²) in [6, 6.07) is 9.79. The molecule has 1 aromatic carbocycles. The van der Waals surface area contributed by atoms with Gasteiger partial charge in [0.05, 0.1) is 11.9 Å². The molecule has 1 N–H and O–H groups in total. The van der Waals surface area contributed by atoms with Crippen LogP contribution < -0.4 is 0 Å². The van der Waals surface area contributed by atoms with E-state index in [-0.39, 0.29) is 18.2 Å². The second kappa shape index (κ2) is 8.47. The van der Waals surface area contributed by atoms with Crippen LogP contribution in [0.3, 0.4) is 0 Å². The molecular weight excluding hydrogens is 330 g/mol. The summed E-state index contributed by atoms with van der Waals surface area (Å²) in [7, 11) is 0. The van der Waals surface area contributed by atoms with Crippen LogP contribution in [0.4, 0.5) is 0 Å². The zero-order valence-corrected chi connectivity index (χ0v) is 14.6. The maximum Gasteiger partial charge on any atom is 0.303 e. The number of rotatable bonds is 6. The van der Waals surface area contributed by atoms with E-state index in [2.05, 4.69) is 5.10 Å². The Labute approximate surface area is 152 Å². The minimum atomic E-state index is -0.774. The molecule has 2 aromatic rings.